The van der Waals surface area contributed by atoms with E-state index < -0.39 is 0 Å². The highest BCUT2D eigenvalue weighted by atomic mass is 16.4. The lowest BCUT2D eigenvalue weighted by Gasteiger charge is -2.34. The quantitative estimate of drug-likeness (QED) is 0.714. The van der Waals surface area contributed by atoms with Crippen molar-refractivity contribution in [3.8, 4) is 11.5 Å². The molecule has 27 heavy (non-hydrogen) atoms. The molecule has 6 heteroatoms. The summed E-state index contributed by atoms with van der Waals surface area (Å²) in [6, 6.07) is 13.7. The van der Waals surface area contributed by atoms with Crippen molar-refractivity contribution in [3.63, 3.8) is 0 Å². The van der Waals surface area contributed by atoms with E-state index in [1.165, 1.54) is 5.56 Å². The van der Waals surface area contributed by atoms with Crippen LogP contribution in [0.2, 0.25) is 0 Å². The predicted octanol–water partition coefficient (Wildman–Crippen LogP) is 3.00. The maximum Gasteiger partial charge on any atom is 0.276 e. The topological polar surface area (TPSA) is 62.5 Å². The number of carbonyl (C=O) groups excluding carboxylic acids is 1. The molecule has 0 saturated carbocycles. The molecule has 2 aromatic heterocycles. The molecule has 1 fully saturated rings. The zero-order chi connectivity index (χ0) is 18.6. The second-order valence-electron chi connectivity index (χ2n) is 6.72. The number of oxazole rings is 1. The summed E-state index contributed by atoms with van der Waals surface area (Å²) in [7, 11) is 0. The normalized spacial score (nSPS) is 15.1. The minimum absolute atomic E-state index is 0.0561. The fourth-order valence-electron chi connectivity index (χ4n) is 3.31. The van der Waals surface area contributed by atoms with Crippen molar-refractivity contribution in [3.05, 3.63) is 71.9 Å². The molecular formula is C21H22N4O2. The van der Waals surface area contributed by atoms with Gasteiger partial charge in [-0.1, -0.05) is 24.3 Å². The van der Waals surface area contributed by atoms with E-state index in [0.29, 0.717) is 30.4 Å². The third-order valence-electron chi connectivity index (χ3n) is 4.81. The molecule has 0 radical (unpaired) electrons. The monoisotopic (exact) mass is 362 g/mol. The van der Waals surface area contributed by atoms with Gasteiger partial charge in [0.15, 0.2) is 5.69 Å². The highest BCUT2D eigenvalue weighted by Crippen LogP contribution is 2.22. The molecule has 0 spiro atoms. The maximum atomic E-state index is 12.9. The molecule has 1 saturated heterocycles. The second-order valence-corrected chi connectivity index (χ2v) is 6.72. The molecule has 1 aliphatic heterocycles. The van der Waals surface area contributed by atoms with Gasteiger partial charge < -0.3 is 9.32 Å². The first-order chi connectivity index (χ1) is 13.2. The van der Waals surface area contributed by atoms with E-state index in [1.54, 1.807) is 13.1 Å². The van der Waals surface area contributed by atoms with Gasteiger partial charge in [-0.05, 0) is 30.7 Å². The second kappa shape index (κ2) is 7.72. The fraction of sp³-hybridized carbons (Fsp3) is 0.286. The van der Waals surface area contributed by atoms with Crippen molar-refractivity contribution in [2.75, 3.05) is 26.2 Å². The minimum atomic E-state index is -0.0561. The smallest absolute Gasteiger partial charge is 0.276 e. The van der Waals surface area contributed by atoms with E-state index in [2.05, 4.69) is 20.9 Å². The first-order valence-electron chi connectivity index (χ1n) is 9.14. The Bertz CT molecular complexity index is 900. The van der Waals surface area contributed by atoms with Crippen LogP contribution >= 0.6 is 0 Å². The molecule has 3 heterocycles. The van der Waals surface area contributed by atoms with Crippen molar-refractivity contribution in [2.45, 2.75) is 13.5 Å². The van der Waals surface area contributed by atoms with Crippen LogP contribution in [-0.4, -0.2) is 51.9 Å². The van der Waals surface area contributed by atoms with Crippen LogP contribution in [0.3, 0.4) is 0 Å². The van der Waals surface area contributed by atoms with Crippen LogP contribution in [0.5, 0.6) is 0 Å². The Labute approximate surface area is 158 Å². The molecule has 1 amide bonds. The van der Waals surface area contributed by atoms with Crippen molar-refractivity contribution < 1.29 is 9.21 Å². The van der Waals surface area contributed by atoms with E-state index in [9.17, 15) is 4.79 Å². The highest BCUT2D eigenvalue weighted by Gasteiger charge is 2.26. The Balaban J connectivity index is 1.40. The van der Waals surface area contributed by atoms with E-state index in [-0.39, 0.29) is 5.91 Å². The van der Waals surface area contributed by atoms with Crippen molar-refractivity contribution >= 4 is 5.91 Å². The van der Waals surface area contributed by atoms with Gasteiger partial charge in [-0.15, -0.1) is 0 Å². The lowest BCUT2D eigenvalue weighted by molar-refractivity contribution is 0.0621. The molecule has 0 unspecified atom stereocenters. The standard InChI is InChI=1S/C21H22N4O2/c1-16-19(23-20(27-16)18-7-3-2-4-8-18)21(26)25-12-10-24(11-13-25)15-17-6-5-9-22-14-17/h2-9,14H,10-13,15H2,1H3. The largest absolute Gasteiger partial charge is 0.441 e. The first kappa shape index (κ1) is 17.4. The average molecular weight is 362 g/mol. The molecule has 0 N–H and O–H groups in total. The Hall–Kier alpha value is -2.99. The van der Waals surface area contributed by atoms with Gasteiger partial charge in [0.1, 0.15) is 5.76 Å². The molecule has 0 aliphatic carbocycles. The highest BCUT2D eigenvalue weighted by molar-refractivity contribution is 5.93. The maximum absolute atomic E-state index is 12.9. The molecule has 1 aromatic carbocycles. The fourth-order valence-corrected chi connectivity index (χ4v) is 3.31. The van der Waals surface area contributed by atoms with E-state index in [4.69, 9.17) is 4.42 Å². The van der Waals surface area contributed by atoms with Gasteiger partial charge in [0.05, 0.1) is 0 Å². The van der Waals surface area contributed by atoms with E-state index in [0.717, 1.165) is 25.2 Å². The summed E-state index contributed by atoms with van der Waals surface area (Å²) in [5.74, 6) is 1.00. The first-order valence-corrected chi connectivity index (χ1v) is 9.14. The zero-order valence-corrected chi connectivity index (χ0v) is 15.3. The Kier molecular flexibility index (Phi) is 4.98. The van der Waals surface area contributed by atoms with Crippen LogP contribution < -0.4 is 0 Å². The van der Waals surface area contributed by atoms with Crippen LogP contribution in [0, 0.1) is 6.92 Å². The summed E-state index contributed by atoms with van der Waals surface area (Å²) < 4.78 is 5.74. The number of aromatic nitrogens is 2. The van der Waals surface area contributed by atoms with E-state index >= 15 is 0 Å². The van der Waals surface area contributed by atoms with Gasteiger partial charge in [0, 0.05) is 50.7 Å². The van der Waals surface area contributed by atoms with Crippen molar-refractivity contribution in [2.24, 2.45) is 0 Å². The Morgan fingerprint density at radius 1 is 1.07 bits per heavy atom. The molecule has 6 nitrogen and oxygen atoms in total. The summed E-state index contributed by atoms with van der Waals surface area (Å²) >= 11 is 0. The number of piperazine rings is 1. The number of pyridine rings is 1. The number of aryl methyl sites for hydroxylation is 1. The van der Waals surface area contributed by atoms with Crippen LogP contribution in [0.4, 0.5) is 0 Å². The zero-order valence-electron chi connectivity index (χ0n) is 15.3. The number of hydrogen-bond donors (Lipinski definition) is 0. The summed E-state index contributed by atoms with van der Waals surface area (Å²) in [4.78, 5) is 25.7. The number of benzene rings is 1. The van der Waals surface area contributed by atoms with Gasteiger partial charge in [-0.2, -0.15) is 0 Å². The summed E-state index contributed by atoms with van der Waals surface area (Å²) in [5, 5.41) is 0. The van der Waals surface area contributed by atoms with Gasteiger partial charge in [-0.3, -0.25) is 14.7 Å². The molecular weight excluding hydrogens is 340 g/mol. The lowest BCUT2D eigenvalue weighted by atomic mass is 10.2. The van der Waals surface area contributed by atoms with Gasteiger partial charge >= 0.3 is 0 Å². The molecule has 1 aliphatic rings. The van der Waals surface area contributed by atoms with Crippen molar-refractivity contribution in [1.82, 2.24) is 19.8 Å². The van der Waals surface area contributed by atoms with E-state index in [1.807, 2.05) is 47.5 Å². The van der Waals surface area contributed by atoms with Crippen LogP contribution in [0.15, 0.2) is 59.3 Å². The Morgan fingerprint density at radius 3 is 2.56 bits per heavy atom. The van der Waals surface area contributed by atoms with Gasteiger partial charge in [-0.25, -0.2) is 4.98 Å². The minimum Gasteiger partial charge on any atom is -0.441 e. The number of amides is 1. The molecule has 0 atom stereocenters. The average Bonchev–Trinajstić information content (AvgIpc) is 3.11. The Morgan fingerprint density at radius 2 is 1.85 bits per heavy atom. The third kappa shape index (κ3) is 3.90. The van der Waals surface area contributed by atoms with Gasteiger partial charge in [0.2, 0.25) is 5.89 Å². The summed E-state index contributed by atoms with van der Waals surface area (Å²) in [6.45, 7) is 5.70. The number of nitrogens with zero attached hydrogens (tertiary/aromatic N) is 4. The molecule has 3 aromatic rings. The number of rotatable bonds is 4. The van der Waals surface area contributed by atoms with Crippen LogP contribution in [0.25, 0.3) is 11.5 Å². The van der Waals surface area contributed by atoms with Gasteiger partial charge in [0.25, 0.3) is 5.91 Å². The predicted molar refractivity (Wildman–Crippen MR) is 102 cm³/mol. The number of carbonyl (C=O) groups is 1. The van der Waals surface area contributed by atoms with Crippen molar-refractivity contribution in [1.29, 1.82) is 0 Å². The SMILES string of the molecule is Cc1oc(-c2ccccc2)nc1C(=O)N1CCN(Cc2cccnc2)CC1. The molecule has 138 valence electrons. The molecule has 4 rings (SSSR count). The number of hydrogen-bond acceptors (Lipinski definition) is 5. The lowest BCUT2D eigenvalue weighted by Crippen LogP contribution is -2.48. The summed E-state index contributed by atoms with van der Waals surface area (Å²) in [6.07, 6.45) is 3.67. The summed E-state index contributed by atoms with van der Waals surface area (Å²) in [5.41, 5.74) is 2.48. The van der Waals surface area contributed by atoms with Crippen LogP contribution in [0.1, 0.15) is 21.8 Å². The molecule has 0 bridgehead atoms. The van der Waals surface area contributed by atoms with Crippen LogP contribution in [-0.2, 0) is 6.54 Å². The third-order valence-corrected chi connectivity index (χ3v) is 4.81.